The highest BCUT2D eigenvalue weighted by Crippen LogP contribution is 2.39. The lowest BCUT2D eigenvalue weighted by molar-refractivity contribution is 0.299. The van der Waals surface area contributed by atoms with Crippen molar-refractivity contribution in [3.05, 3.63) is 29.8 Å². The van der Waals surface area contributed by atoms with Crippen molar-refractivity contribution in [2.45, 2.75) is 41.7 Å². The van der Waals surface area contributed by atoms with Gasteiger partial charge >= 0.3 is 0 Å². The third-order valence-electron chi connectivity index (χ3n) is 4.17. The van der Waals surface area contributed by atoms with Crippen LogP contribution in [0.4, 0.5) is 0 Å². The molecular weight excluding hydrogens is 306 g/mol. The quantitative estimate of drug-likeness (QED) is 0.805. The van der Waals surface area contributed by atoms with Gasteiger partial charge < -0.3 is 5.11 Å². The molecule has 1 aliphatic carbocycles. The van der Waals surface area contributed by atoms with E-state index >= 15 is 0 Å². The molecule has 0 spiro atoms. The molecule has 1 saturated carbocycles. The minimum absolute atomic E-state index is 0.0594. The molecule has 0 unspecified atom stereocenters. The van der Waals surface area contributed by atoms with Gasteiger partial charge in [-0.2, -0.15) is 11.8 Å². The molecule has 0 heterocycles. The van der Waals surface area contributed by atoms with Crippen LogP contribution in [0, 0.1) is 0 Å². The molecule has 6 heteroatoms. The Kier molecular flexibility index (Phi) is 5.71. The van der Waals surface area contributed by atoms with Crippen LogP contribution in [0.15, 0.2) is 29.2 Å². The molecule has 1 aromatic carbocycles. The molecule has 0 saturated heterocycles. The maximum atomic E-state index is 12.3. The third-order valence-corrected chi connectivity index (χ3v) is 7.00. The normalized spacial score (nSPS) is 18.0. The van der Waals surface area contributed by atoms with E-state index in [1.165, 1.54) is 12.8 Å². The zero-order valence-electron chi connectivity index (χ0n) is 12.3. The predicted molar refractivity (Wildman–Crippen MR) is 87.1 cm³/mol. The number of thioether (sulfide) groups is 1. The van der Waals surface area contributed by atoms with Crippen LogP contribution in [0.25, 0.3) is 0 Å². The number of benzene rings is 1. The average molecular weight is 329 g/mol. The van der Waals surface area contributed by atoms with Crippen LogP contribution in [0.1, 0.15) is 31.2 Å². The molecule has 21 heavy (non-hydrogen) atoms. The van der Waals surface area contributed by atoms with Gasteiger partial charge in [-0.1, -0.05) is 25.0 Å². The van der Waals surface area contributed by atoms with Gasteiger partial charge in [-0.25, -0.2) is 13.1 Å². The maximum Gasteiger partial charge on any atom is 0.240 e. The van der Waals surface area contributed by atoms with E-state index < -0.39 is 10.0 Å². The second-order valence-electron chi connectivity index (χ2n) is 5.54. The first-order valence-electron chi connectivity index (χ1n) is 7.26. The molecule has 2 rings (SSSR count). The van der Waals surface area contributed by atoms with Crippen molar-refractivity contribution < 1.29 is 13.5 Å². The lowest BCUT2D eigenvalue weighted by Crippen LogP contribution is -2.38. The Bertz CT molecular complexity index is 549. The molecule has 0 aromatic heterocycles. The highest BCUT2D eigenvalue weighted by molar-refractivity contribution is 8.00. The highest BCUT2D eigenvalue weighted by Gasteiger charge is 2.34. The van der Waals surface area contributed by atoms with Gasteiger partial charge in [-0.15, -0.1) is 0 Å². The Morgan fingerprint density at radius 3 is 2.38 bits per heavy atom. The standard InChI is InChI=1S/C15H23NO3S2/c1-20-15(9-2-3-10-15)12-16-21(18,19)14-6-4-13(5-7-14)8-11-17/h4-7,16-17H,2-3,8-12H2,1H3. The van der Waals surface area contributed by atoms with E-state index in [9.17, 15) is 8.42 Å². The van der Waals surface area contributed by atoms with Gasteiger partial charge in [0.15, 0.2) is 0 Å². The summed E-state index contributed by atoms with van der Waals surface area (Å²) in [6, 6.07) is 6.72. The van der Waals surface area contributed by atoms with Crippen LogP contribution in [0.5, 0.6) is 0 Å². The Hall–Kier alpha value is -0.560. The lowest BCUT2D eigenvalue weighted by Gasteiger charge is -2.26. The fourth-order valence-electron chi connectivity index (χ4n) is 2.75. The van der Waals surface area contributed by atoms with Crippen LogP contribution in [-0.2, 0) is 16.4 Å². The number of aliphatic hydroxyl groups is 1. The first-order chi connectivity index (χ1) is 10.0. The minimum atomic E-state index is -3.45. The van der Waals surface area contributed by atoms with Gasteiger partial charge in [0.25, 0.3) is 0 Å². The summed E-state index contributed by atoms with van der Waals surface area (Å²) < 4.78 is 27.5. The monoisotopic (exact) mass is 329 g/mol. The fraction of sp³-hybridized carbons (Fsp3) is 0.600. The van der Waals surface area contributed by atoms with Crippen molar-refractivity contribution in [2.24, 2.45) is 0 Å². The summed E-state index contributed by atoms with van der Waals surface area (Å²) in [7, 11) is -3.45. The molecule has 1 aromatic rings. The van der Waals surface area contributed by atoms with E-state index in [1.54, 1.807) is 36.0 Å². The second kappa shape index (κ2) is 7.13. The Balaban J connectivity index is 2.04. The smallest absolute Gasteiger partial charge is 0.240 e. The van der Waals surface area contributed by atoms with Crippen molar-refractivity contribution in [2.75, 3.05) is 19.4 Å². The number of sulfonamides is 1. The zero-order chi connectivity index (χ0) is 15.3. The molecule has 1 aliphatic rings. The Labute approximate surface area is 131 Å². The average Bonchev–Trinajstić information content (AvgIpc) is 2.96. The Morgan fingerprint density at radius 1 is 1.24 bits per heavy atom. The molecule has 0 amide bonds. The fourth-order valence-corrected chi connectivity index (χ4v) is 4.88. The number of hydrogen-bond donors (Lipinski definition) is 2. The molecule has 0 radical (unpaired) electrons. The lowest BCUT2D eigenvalue weighted by atomic mass is 10.1. The first kappa shape index (κ1) is 16.8. The van der Waals surface area contributed by atoms with Gasteiger partial charge in [-0.3, -0.25) is 0 Å². The predicted octanol–water partition coefficient (Wildman–Crippen LogP) is 2.18. The third kappa shape index (κ3) is 4.22. The molecule has 2 N–H and O–H groups in total. The van der Waals surface area contributed by atoms with Gasteiger partial charge in [0.2, 0.25) is 10.0 Å². The second-order valence-corrected chi connectivity index (χ2v) is 8.58. The van der Waals surface area contributed by atoms with E-state index in [0.717, 1.165) is 18.4 Å². The molecule has 0 atom stereocenters. The summed E-state index contributed by atoms with van der Waals surface area (Å²) in [5.41, 5.74) is 0.938. The molecule has 0 aliphatic heterocycles. The van der Waals surface area contributed by atoms with E-state index in [4.69, 9.17) is 5.11 Å². The van der Waals surface area contributed by atoms with Gasteiger partial charge in [0.05, 0.1) is 4.90 Å². The van der Waals surface area contributed by atoms with E-state index in [2.05, 4.69) is 11.0 Å². The van der Waals surface area contributed by atoms with Gasteiger partial charge in [0.1, 0.15) is 0 Å². The summed E-state index contributed by atoms with van der Waals surface area (Å²) in [5.74, 6) is 0. The van der Waals surface area contributed by atoms with E-state index in [1.807, 2.05) is 0 Å². The highest BCUT2D eigenvalue weighted by atomic mass is 32.2. The molecule has 0 bridgehead atoms. The number of hydrogen-bond acceptors (Lipinski definition) is 4. The molecule has 1 fully saturated rings. The van der Waals surface area contributed by atoms with Crippen molar-refractivity contribution in [3.63, 3.8) is 0 Å². The van der Waals surface area contributed by atoms with Crippen LogP contribution in [-0.4, -0.2) is 37.7 Å². The van der Waals surface area contributed by atoms with E-state index in [0.29, 0.717) is 17.9 Å². The van der Waals surface area contributed by atoms with Crippen molar-refractivity contribution in [1.82, 2.24) is 4.72 Å². The SMILES string of the molecule is CSC1(CNS(=O)(=O)c2ccc(CCO)cc2)CCCC1. The maximum absolute atomic E-state index is 12.3. The summed E-state index contributed by atoms with van der Waals surface area (Å²) in [5, 5.41) is 8.88. The number of rotatable bonds is 7. The van der Waals surface area contributed by atoms with Crippen molar-refractivity contribution >= 4 is 21.8 Å². The number of aliphatic hydroxyl groups excluding tert-OH is 1. The van der Waals surface area contributed by atoms with Crippen LogP contribution >= 0.6 is 11.8 Å². The summed E-state index contributed by atoms with van der Waals surface area (Å²) in [6.45, 7) is 0.565. The topological polar surface area (TPSA) is 66.4 Å². The van der Waals surface area contributed by atoms with Crippen LogP contribution in [0.3, 0.4) is 0 Å². The van der Waals surface area contributed by atoms with Gasteiger partial charge in [-0.05, 0) is 43.2 Å². The van der Waals surface area contributed by atoms with E-state index in [-0.39, 0.29) is 11.4 Å². The van der Waals surface area contributed by atoms with Gasteiger partial charge in [0, 0.05) is 17.9 Å². The molecule has 4 nitrogen and oxygen atoms in total. The molecule has 118 valence electrons. The summed E-state index contributed by atoms with van der Waals surface area (Å²) >= 11 is 1.77. The minimum Gasteiger partial charge on any atom is -0.396 e. The summed E-state index contributed by atoms with van der Waals surface area (Å²) in [4.78, 5) is 0.290. The number of nitrogens with one attached hydrogen (secondary N) is 1. The first-order valence-corrected chi connectivity index (χ1v) is 9.97. The zero-order valence-corrected chi connectivity index (χ0v) is 14.0. The van der Waals surface area contributed by atoms with Crippen LogP contribution in [0.2, 0.25) is 0 Å². The van der Waals surface area contributed by atoms with Crippen molar-refractivity contribution in [3.8, 4) is 0 Å². The Morgan fingerprint density at radius 2 is 1.86 bits per heavy atom. The van der Waals surface area contributed by atoms with Crippen molar-refractivity contribution in [1.29, 1.82) is 0 Å². The molecular formula is C15H23NO3S2. The van der Waals surface area contributed by atoms with Crippen LogP contribution < -0.4 is 4.72 Å². The largest absolute Gasteiger partial charge is 0.396 e. The summed E-state index contributed by atoms with van der Waals surface area (Å²) in [6.07, 6.45) is 7.11.